The number of hydrogen-bond donors (Lipinski definition) is 2. The van der Waals surface area contributed by atoms with Crippen molar-refractivity contribution in [3.8, 4) is 0 Å². The average molecular weight is 240 g/mol. The van der Waals surface area contributed by atoms with Gasteiger partial charge in [-0.3, -0.25) is 9.59 Å². The predicted octanol–water partition coefficient (Wildman–Crippen LogP) is 0.308. The fourth-order valence-electron chi connectivity index (χ4n) is 2.31. The zero-order chi connectivity index (χ0) is 12.4. The summed E-state index contributed by atoms with van der Waals surface area (Å²) in [5.74, 6) is -1.90. The second kappa shape index (κ2) is 5.04. The van der Waals surface area contributed by atoms with Gasteiger partial charge in [-0.05, 0) is 38.6 Å². The van der Waals surface area contributed by atoms with Gasteiger partial charge < -0.3 is 15.3 Å². The van der Waals surface area contributed by atoms with Crippen molar-refractivity contribution >= 4 is 11.9 Å². The fraction of sp³-hybridized carbons (Fsp3) is 0.833. The molecule has 0 aromatic heterocycles. The van der Waals surface area contributed by atoms with Crippen LogP contribution < -0.4 is 5.32 Å². The van der Waals surface area contributed by atoms with Gasteiger partial charge in [0.2, 0.25) is 5.91 Å². The van der Waals surface area contributed by atoms with Crippen LogP contribution in [0.3, 0.4) is 0 Å². The van der Waals surface area contributed by atoms with Crippen molar-refractivity contribution in [3.05, 3.63) is 0 Å². The Labute approximate surface area is 101 Å². The minimum atomic E-state index is -1.06. The minimum Gasteiger partial charge on any atom is -0.481 e. The number of nitrogens with one attached hydrogen (secondary N) is 1. The van der Waals surface area contributed by atoms with Gasteiger partial charge in [-0.2, -0.15) is 0 Å². The monoisotopic (exact) mass is 240 g/mol. The molecule has 1 heterocycles. The molecule has 1 saturated carbocycles. The number of rotatable bonds is 5. The van der Waals surface area contributed by atoms with Crippen LogP contribution >= 0.6 is 0 Å². The van der Waals surface area contributed by atoms with E-state index in [1.54, 1.807) is 0 Å². The van der Waals surface area contributed by atoms with Crippen LogP contribution in [0.25, 0.3) is 0 Å². The molecular weight excluding hydrogens is 220 g/mol. The van der Waals surface area contributed by atoms with Gasteiger partial charge in [0, 0.05) is 19.1 Å². The van der Waals surface area contributed by atoms with E-state index >= 15 is 0 Å². The summed E-state index contributed by atoms with van der Waals surface area (Å²) in [7, 11) is 0. The second-order valence-corrected chi connectivity index (χ2v) is 5.19. The molecule has 2 aliphatic rings. The molecule has 1 aliphatic carbocycles. The van der Waals surface area contributed by atoms with Crippen molar-refractivity contribution in [3.63, 3.8) is 0 Å². The average Bonchev–Trinajstić information content (AvgIpc) is 3.05. The number of aliphatic carboxylic acids is 1. The Morgan fingerprint density at radius 3 is 2.71 bits per heavy atom. The molecule has 0 bridgehead atoms. The molecule has 17 heavy (non-hydrogen) atoms. The van der Waals surface area contributed by atoms with Crippen LogP contribution in [0.1, 0.15) is 26.2 Å². The van der Waals surface area contributed by atoms with E-state index in [2.05, 4.69) is 10.2 Å². The third-order valence-corrected chi connectivity index (χ3v) is 3.71. The number of carbonyl (C=O) groups is 2. The van der Waals surface area contributed by atoms with Crippen LogP contribution in [-0.4, -0.2) is 47.6 Å². The van der Waals surface area contributed by atoms with Crippen molar-refractivity contribution in [2.24, 2.45) is 11.8 Å². The number of nitrogens with zero attached hydrogens (tertiary/aromatic N) is 1. The first-order valence-electron chi connectivity index (χ1n) is 6.32. The molecule has 2 fully saturated rings. The molecule has 5 nitrogen and oxygen atoms in total. The smallest absolute Gasteiger partial charge is 0.315 e. The van der Waals surface area contributed by atoms with Crippen molar-refractivity contribution in [1.82, 2.24) is 10.2 Å². The summed E-state index contributed by atoms with van der Waals surface area (Å²) >= 11 is 0. The number of likely N-dealkylation sites (tertiary alicyclic amines) is 1. The Morgan fingerprint density at radius 2 is 2.12 bits per heavy atom. The van der Waals surface area contributed by atoms with E-state index in [1.807, 2.05) is 0 Å². The summed E-state index contributed by atoms with van der Waals surface area (Å²) in [5.41, 5.74) is 0. The van der Waals surface area contributed by atoms with E-state index < -0.39 is 11.9 Å². The number of carboxylic acids is 1. The molecule has 1 aliphatic heterocycles. The highest BCUT2D eigenvalue weighted by molar-refractivity contribution is 5.96. The van der Waals surface area contributed by atoms with Crippen LogP contribution in [0.5, 0.6) is 0 Å². The zero-order valence-electron chi connectivity index (χ0n) is 10.2. The van der Waals surface area contributed by atoms with Gasteiger partial charge in [0.1, 0.15) is 5.92 Å². The highest BCUT2D eigenvalue weighted by Gasteiger charge is 2.34. The quantitative estimate of drug-likeness (QED) is 0.678. The molecule has 2 unspecified atom stereocenters. The number of carbonyl (C=O) groups excluding carboxylic acids is 1. The summed E-state index contributed by atoms with van der Waals surface area (Å²) < 4.78 is 0. The van der Waals surface area contributed by atoms with E-state index in [1.165, 1.54) is 19.8 Å². The molecule has 2 rings (SSSR count). The van der Waals surface area contributed by atoms with Crippen LogP contribution in [0.2, 0.25) is 0 Å². The van der Waals surface area contributed by atoms with Crippen LogP contribution in [-0.2, 0) is 9.59 Å². The van der Waals surface area contributed by atoms with E-state index in [4.69, 9.17) is 5.11 Å². The third-order valence-electron chi connectivity index (χ3n) is 3.71. The number of carboxylic acid groups (broad SMARTS) is 1. The summed E-state index contributed by atoms with van der Waals surface area (Å²) in [6.07, 6.45) is 3.74. The predicted molar refractivity (Wildman–Crippen MR) is 62.5 cm³/mol. The standard InChI is InChI=1S/C12H20N2O3/c1-8(12(16)17)11(15)13-6-9-4-5-14(7-9)10-2-3-10/h8-10H,2-7H2,1H3,(H,13,15)(H,16,17). The largest absolute Gasteiger partial charge is 0.481 e. The minimum absolute atomic E-state index is 0.373. The first-order valence-corrected chi connectivity index (χ1v) is 6.32. The van der Waals surface area contributed by atoms with Crippen molar-refractivity contribution in [1.29, 1.82) is 0 Å². The van der Waals surface area contributed by atoms with Crippen LogP contribution in [0.4, 0.5) is 0 Å². The molecule has 5 heteroatoms. The molecule has 2 atom stereocenters. The van der Waals surface area contributed by atoms with Gasteiger partial charge in [0.05, 0.1) is 0 Å². The molecule has 2 N–H and O–H groups in total. The lowest BCUT2D eigenvalue weighted by atomic mass is 10.1. The summed E-state index contributed by atoms with van der Waals surface area (Å²) in [6.45, 7) is 4.20. The Balaban J connectivity index is 1.68. The molecule has 0 aromatic carbocycles. The lowest BCUT2D eigenvalue weighted by Crippen LogP contribution is -2.37. The molecule has 1 amide bonds. The summed E-state index contributed by atoms with van der Waals surface area (Å²) in [5, 5.41) is 11.4. The number of hydrogen-bond acceptors (Lipinski definition) is 3. The second-order valence-electron chi connectivity index (χ2n) is 5.19. The van der Waals surface area contributed by atoms with E-state index in [0.717, 1.165) is 25.6 Å². The molecular formula is C12H20N2O3. The van der Waals surface area contributed by atoms with Crippen LogP contribution in [0.15, 0.2) is 0 Å². The van der Waals surface area contributed by atoms with Gasteiger partial charge >= 0.3 is 5.97 Å². The van der Waals surface area contributed by atoms with E-state index in [9.17, 15) is 9.59 Å². The maximum absolute atomic E-state index is 11.5. The number of amides is 1. The van der Waals surface area contributed by atoms with E-state index in [0.29, 0.717) is 12.5 Å². The lowest BCUT2D eigenvalue weighted by Gasteiger charge is -2.15. The van der Waals surface area contributed by atoms with Crippen LogP contribution in [0, 0.1) is 11.8 Å². The van der Waals surface area contributed by atoms with Gasteiger partial charge in [0.25, 0.3) is 0 Å². The molecule has 1 saturated heterocycles. The Morgan fingerprint density at radius 1 is 1.41 bits per heavy atom. The lowest BCUT2D eigenvalue weighted by molar-refractivity contribution is -0.146. The van der Waals surface area contributed by atoms with Crippen molar-refractivity contribution in [2.75, 3.05) is 19.6 Å². The van der Waals surface area contributed by atoms with Gasteiger partial charge in [-0.25, -0.2) is 0 Å². The van der Waals surface area contributed by atoms with Crippen molar-refractivity contribution in [2.45, 2.75) is 32.2 Å². The SMILES string of the molecule is CC(C(=O)O)C(=O)NCC1CCN(C2CC2)C1. The molecule has 0 spiro atoms. The summed E-state index contributed by atoms with van der Waals surface area (Å²) in [6, 6.07) is 0.786. The summed E-state index contributed by atoms with van der Waals surface area (Å²) in [4.78, 5) is 24.6. The molecule has 0 aromatic rings. The molecule has 96 valence electrons. The maximum atomic E-state index is 11.5. The fourth-order valence-corrected chi connectivity index (χ4v) is 2.31. The molecule has 0 radical (unpaired) electrons. The Hall–Kier alpha value is -1.10. The highest BCUT2D eigenvalue weighted by Crippen LogP contribution is 2.31. The van der Waals surface area contributed by atoms with Crippen molar-refractivity contribution < 1.29 is 14.7 Å². The van der Waals surface area contributed by atoms with E-state index in [-0.39, 0.29) is 5.91 Å². The Kier molecular flexibility index (Phi) is 3.66. The highest BCUT2D eigenvalue weighted by atomic mass is 16.4. The third kappa shape index (κ3) is 3.19. The van der Waals surface area contributed by atoms with Gasteiger partial charge in [-0.15, -0.1) is 0 Å². The topological polar surface area (TPSA) is 69.6 Å². The Bertz CT molecular complexity index is 315. The zero-order valence-corrected chi connectivity index (χ0v) is 10.2. The normalized spacial score (nSPS) is 26.8. The van der Waals surface area contributed by atoms with Gasteiger partial charge in [-0.1, -0.05) is 0 Å². The van der Waals surface area contributed by atoms with Gasteiger partial charge in [0.15, 0.2) is 0 Å². The first kappa shape index (κ1) is 12.4. The first-order chi connectivity index (χ1) is 8.08. The maximum Gasteiger partial charge on any atom is 0.315 e.